The minimum Gasteiger partial charge on any atom is -0.438 e. The lowest BCUT2D eigenvalue weighted by Crippen LogP contribution is -2.50. The third-order valence-electron chi connectivity index (χ3n) is 7.15. The van der Waals surface area contributed by atoms with Crippen LogP contribution < -0.4 is 5.32 Å². The molecule has 8 heteroatoms. The predicted molar refractivity (Wildman–Crippen MR) is 153 cm³/mol. The van der Waals surface area contributed by atoms with E-state index in [1.807, 2.05) is 96.1 Å². The summed E-state index contributed by atoms with van der Waals surface area (Å²) >= 11 is 0. The first kappa shape index (κ1) is 28.8. The zero-order chi connectivity index (χ0) is 29.1. The van der Waals surface area contributed by atoms with Gasteiger partial charge < -0.3 is 15.0 Å². The number of cyclic esters (lactones) is 1. The highest BCUT2D eigenvalue weighted by atomic mass is 16.6. The smallest absolute Gasteiger partial charge is 0.411 e. The van der Waals surface area contributed by atoms with Gasteiger partial charge in [-0.3, -0.25) is 4.79 Å². The SMILES string of the molecule is C[C@@H](c1ccc(-c2ccc(C(=O)NC(C)(C)C)nn2)cc1)N1CC[C@](CC(C)(C)C#N)(c2ccccc2)OC1=O. The second-order valence-corrected chi connectivity index (χ2v) is 12.2. The molecular weight excluding hydrogens is 502 g/mol. The summed E-state index contributed by atoms with van der Waals surface area (Å²) in [5.41, 5.74) is 1.76. The minimum absolute atomic E-state index is 0.214. The molecule has 1 N–H and O–H groups in total. The molecule has 0 bridgehead atoms. The van der Waals surface area contributed by atoms with E-state index in [1.54, 1.807) is 17.0 Å². The Hall–Kier alpha value is -4.25. The summed E-state index contributed by atoms with van der Waals surface area (Å²) in [7, 11) is 0. The van der Waals surface area contributed by atoms with E-state index in [1.165, 1.54) is 0 Å². The van der Waals surface area contributed by atoms with Crippen molar-refractivity contribution in [2.24, 2.45) is 5.41 Å². The van der Waals surface area contributed by atoms with Crippen LogP contribution in [0.3, 0.4) is 0 Å². The molecule has 2 aromatic carbocycles. The molecule has 2 atom stereocenters. The van der Waals surface area contributed by atoms with Crippen molar-refractivity contribution in [2.45, 2.75) is 71.6 Å². The number of ether oxygens (including phenoxy) is 1. The third kappa shape index (κ3) is 6.48. The van der Waals surface area contributed by atoms with Gasteiger partial charge in [-0.1, -0.05) is 54.6 Å². The highest BCUT2D eigenvalue weighted by Gasteiger charge is 2.46. The number of carbonyl (C=O) groups excluding carboxylic acids is 2. The van der Waals surface area contributed by atoms with Gasteiger partial charge in [0.1, 0.15) is 5.60 Å². The number of aromatic nitrogens is 2. The van der Waals surface area contributed by atoms with Gasteiger partial charge in [0.2, 0.25) is 0 Å². The fourth-order valence-corrected chi connectivity index (χ4v) is 5.07. The number of nitriles is 1. The number of nitrogens with one attached hydrogen (secondary N) is 1. The molecule has 1 fully saturated rings. The Bertz CT molecular complexity index is 1390. The van der Waals surface area contributed by atoms with Crippen molar-refractivity contribution in [1.29, 1.82) is 5.26 Å². The van der Waals surface area contributed by atoms with Crippen molar-refractivity contribution in [3.63, 3.8) is 0 Å². The van der Waals surface area contributed by atoms with Crippen LogP contribution in [0.5, 0.6) is 0 Å². The van der Waals surface area contributed by atoms with E-state index in [-0.39, 0.29) is 23.2 Å². The van der Waals surface area contributed by atoms with E-state index in [4.69, 9.17) is 4.74 Å². The molecule has 0 saturated carbocycles. The zero-order valence-electron chi connectivity index (χ0n) is 24.1. The number of amides is 2. The Morgan fingerprint density at radius 3 is 2.27 bits per heavy atom. The Kier molecular flexibility index (Phi) is 7.97. The molecule has 2 amide bonds. The van der Waals surface area contributed by atoms with Crippen molar-refractivity contribution < 1.29 is 14.3 Å². The second kappa shape index (κ2) is 11.1. The number of hydrogen-bond donors (Lipinski definition) is 1. The summed E-state index contributed by atoms with van der Waals surface area (Å²) in [4.78, 5) is 27.5. The lowest BCUT2D eigenvalue weighted by molar-refractivity contribution is -0.0770. The lowest BCUT2D eigenvalue weighted by Gasteiger charge is -2.45. The normalized spacial score (nSPS) is 18.4. The summed E-state index contributed by atoms with van der Waals surface area (Å²) in [6.07, 6.45) is 0.609. The molecule has 0 spiro atoms. The van der Waals surface area contributed by atoms with Crippen LogP contribution in [-0.2, 0) is 10.3 Å². The molecule has 2 heterocycles. The number of nitrogens with zero attached hydrogens (tertiary/aromatic N) is 4. The Morgan fingerprint density at radius 2 is 1.73 bits per heavy atom. The van der Waals surface area contributed by atoms with Crippen LogP contribution in [0.15, 0.2) is 66.7 Å². The molecule has 3 aromatic rings. The van der Waals surface area contributed by atoms with E-state index < -0.39 is 17.1 Å². The van der Waals surface area contributed by atoms with Crippen molar-refractivity contribution in [3.8, 4) is 17.3 Å². The molecule has 1 saturated heterocycles. The summed E-state index contributed by atoms with van der Waals surface area (Å²) < 4.78 is 6.19. The van der Waals surface area contributed by atoms with Crippen molar-refractivity contribution in [2.75, 3.05) is 6.54 Å². The monoisotopic (exact) mass is 539 g/mol. The average molecular weight is 540 g/mol. The van der Waals surface area contributed by atoms with Crippen molar-refractivity contribution >= 4 is 12.0 Å². The topological polar surface area (TPSA) is 108 Å². The van der Waals surface area contributed by atoms with Gasteiger partial charge in [0.05, 0.1) is 23.2 Å². The minimum atomic E-state index is -0.855. The van der Waals surface area contributed by atoms with E-state index >= 15 is 0 Å². The van der Waals surface area contributed by atoms with Gasteiger partial charge in [-0.05, 0) is 64.8 Å². The number of benzene rings is 2. The molecule has 0 unspecified atom stereocenters. The third-order valence-corrected chi connectivity index (χ3v) is 7.15. The molecule has 4 rings (SSSR count). The maximum absolute atomic E-state index is 13.4. The molecule has 208 valence electrons. The van der Waals surface area contributed by atoms with E-state index in [0.717, 1.165) is 16.7 Å². The summed E-state index contributed by atoms with van der Waals surface area (Å²) in [6, 6.07) is 23.1. The average Bonchev–Trinajstić information content (AvgIpc) is 2.92. The zero-order valence-corrected chi connectivity index (χ0v) is 24.1. The molecule has 1 aliphatic rings. The van der Waals surface area contributed by atoms with Crippen molar-refractivity contribution in [1.82, 2.24) is 20.4 Å². The molecule has 8 nitrogen and oxygen atoms in total. The standard InChI is InChI=1S/C32H37N5O3/c1-22(23-12-14-24(15-13-23)26-16-17-27(36-35-26)28(38)34-30(2,3)4)37-19-18-32(40-29(37)39,20-31(5,6)21-33)25-10-8-7-9-11-25/h7-17,22H,18-20H2,1-6H3,(H,34,38)/t22-,32-/m0/s1. The largest absolute Gasteiger partial charge is 0.438 e. The van der Waals surface area contributed by atoms with Crippen LogP contribution in [0, 0.1) is 16.7 Å². The van der Waals surface area contributed by atoms with Gasteiger partial charge in [-0.25, -0.2) is 4.79 Å². The number of rotatable bonds is 7. The maximum atomic E-state index is 13.4. The highest BCUT2D eigenvalue weighted by molar-refractivity contribution is 5.92. The van der Waals surface area contributed by atoms with Crippen LogP contribution in [0.2, 0.25) is 0 Å². The Balaban J connectivity index is 1.48. The fraction of sp³-hybridized carbons (Fsp3) is 0.406. The van der Waals surface area contributed by atoms with Crippen LogP contribution in [-0.4, -0.2) is 39.2 Å². The predicted octanol–water partition coefficient (Wildman–Crippen LogP) is 6.41. The van der Waals surface area contributed by atoms with Crippen LogP contribution in [0.1, 0.15) is 82.0 Å². The fourth-order valence-electron chi connectivity index (χ4n) is 5.07. The van der Waals surface area contributed by atoms with E-state index in [0.29, 0.717) is 25.1 Å². The molecule has 0 radical (unpaired) electrons. The maximum Gasteiger partial charge on any atom is 0.411 e. The summed E-state index contributed by atoms with van der Waals surface area (Å²) in [5, 5.41) is 20.9. The molecule has 1 aliphatic heterocycles. The second-order valence-electron chi connectivity index (χ2n) is 12.2. The van der Waals surface area contributed by atoms with Crippen LogP contribution in [0.25, 0.3) is 11.3 Å². The van der Waals surface area contributed by atoms with Gasteiger partial charge in [-0.2, -0.15) is 5.26 Å². The lowest BCUT2D eigenvalue weighted by atomic mass is 9.75. The number of carbonyl (C=O) groups is 2. The van der Waals surface area contributed by atoms with E-state index in [2.05, 4.69) is 21.6 Å². The molecule has 40 heavy (non-hydrogen) atoms. The molecule has 1 aromatic heterocycles. The Labute approximate surface area is 236 Å². The van der Waals surface area contributed by atoms with Gasteiger partial charge in [0.15, 0.2) is 5.69 Å². The van der Waals surface area contributed by atoms with Gasteiger partial charge in [-0.15, -0.1) is 10.2 Å². The first-order chi connectivity index (χ1) is 18.8. The summed E-state index contributed by atoms with van der Waals surface area (Å²) in [5.74, 6) is -0.267. The van der Waals surface area contributed by atoms with E-state index in [9.17, 15) is 14.9 Å². The number of hydrogen-bond acceptors (Lipinski definition) is 6. The van der Waals surface area contributed by atoms with Crippen LogP contribution >= 0.6 is 0 Å². The van der Waals surface area contributed by atoms with Crippen LogP contribution in [0.4, 0.5) is 4.79 Å². The Morgan fingerprint density at radius 1 is 1.05 bits per heavy atom. The molecule has 0 aliphatic carbocycles. The van der Waals surface area contributed by atoms with Gasteiger partial charge >= 0.3 is 6.09 Å². The first-order valence-electron chi connectivity index (χ1n) is 13.6. The molecular formula is C32H37N5O3. The highest BCUT2D eigenvalue weighted by Crippen LogP contribution is 2.44. The summed E-state index contributed by atoms with van der Waals surface area (Å²) in [6.45, 7) is 12.0. The van der Waals surface area contributed by atoms with Gasteiger partial charge in [0.25, 0.3) is 5.91 Å². The quantitative estimate of drug-likeness (QED) is 0.372. The van der Waals surface area contributed by atoms with Gasteiger partial charge in [0, 0.05) is 30.5 Å². The first-order valence-corrected chi connectivity index (χ1v) is 13.6. The van der Waals surface area contributed by atoms with Crippen molar-refractivity contribution in [3.05, 3.63) is 83.6 Å².